The van der Waals surface area contributed by atoms with E-state index in [1.165, 1.54) is 0 Å². The molecule has 20 heavy (non-hydrogen) atoms. The van der Waals surface area contributed by atoms with Crippen molar-refractivity contribution in [3.05, 3.63) is 46.3 Å². The van der Waals surface area contributed by atoms with Crippen molar-refractivity contribution in [2.45, 2.75) is 32.6 Å². The minimum Gasteiger partial charge on any atom is -0.466 e. The number of hydrogen-bond acceptors (Lipinski definition) is 4. The average molecular weight is 274 g/mol. The van der Waals surface area contributed by atoms with Crippen LogP contribution in [0.25, 0.3) is 11.0 Å². The van der Waals surface area contributed by atoms with E-state index in [1.807, 2.05) is 25.1 Å². The molecular formula is C16H18O4. The molecule has 1 aromatic heterocycles. The fourth-order valence-corrected chi connectivity index (χ4v) is 1.92. The molecule has 1 heterocycles. The van der Waals surface area contributed by atoms with Crippen LogP contribution in [0.2, 0.25) is 0 Å². The zero-order valence-electron chi connectivity index (χ0n) is 11.6. The minimum atomic E-state index is -0.384. The van der Waals surface area contributed by atoms with Crippen LogP contribution in [0, 0.1) is 0 Å². The Bertz CT molecular complexity index is 642. The molecule has 2 aromatic rings. The first-order valence-corrected chi connectivity index (χ1v) is 6.88. The Labute approximate surface area is 117 Å². The van der Waals surface area contributed by atoms with E-state index in [1.54, 1.807) is 12.1 Å². The lowest BCUT2D eigenvalue weighted by molar-refractivity contribution is -0.143. The van der Waals surface area contributed by atoms with Gasteiger partial charge in [0.2, 0.25) is 0 Å². The highest BCUT2D eigenvalue weighted by Crippen LogP contribution is 2.13. The number of carbonyl (C=O) groups excluding carboxylic acids is 1. The predicted molar refractivity (Wildman–Crippen MR) is 76.7 cm³/mol. The van der Waals surface area contributed by atoms with E-state index in [0.717, 1.165) is 18.2 Å². The second-order valence-electron chi connectivity index (χ2n) is 4.67. The molecule has 0 amide bonds. The zero-order chi connectivity index (χ0) is 14.4. The molecule has 0 spiro atoms. The minimum absolute atomic E-state index is 0.201. The lowest BCUT2D eigenvalue weighted by Gasteiger charge is -2.04. The molecule has 0 aliphatic heterocycles. The van der Waals surface area contributed by atoms with E-state index in [2.05, 4.69) is 0 Å². The Morgan fingerprint density at radius 1 is 1.30 bits per heavy atom. The molecule has 0 aliphatic rings. The average Bonchev–Trinajstić information content (AvgIpc) is 2.45. The first-order chi connectivity index (χ1) is 9.70. The standard InChI is InChI=1S/C16H18O4/c1-2-3-10-19-15(17)9-8-13-11-12-6-4-5-7-14(12)20-16(13)18/h4-7,11H,2-3,8-10H2,1H3. The number of esters is 1. The summed E-state index contributed by atoms with van der Waals surface area (Å²) in [4.78, 5) is 23.3. The van der Waals surface area contributed by atoms with Gasteiger partial charge in [-0.05, 0) is 25.0 Å². The van der Waals surface area contributed by atoms with Crippen LogP contribution in [-0.2, 0) is 16.0 Å². The highest BCUT2D eigenvalue weighted by Gasteiger charge is 2.08. The van der Waals surface area contributed by atoms with Crippen LogP contribution in [0.4, 0.5) is 0 Å². The summed E-state index contributed by atoms with van der Waals surface area (Å²) in [5.41, 5.74) is 0.688. The lowest BCUT2D eigenvalue weighted by Crippen LogP contribution is -2.12. The Kier molecular flexibility index (Phi) is 4.93. The number of fused-ring (bicyclic) bond motifs is 1. The molecule has 4 nitrogen and oxygen atoms in total. The SMILES string of the molecule is CCCCOC(=O)CCc1cc2ccccc2oc1=O. The van der Waals surface area contributed by atoms with Crippen molar-refractivity contribution in [2.75, 3.05) is 6.61 Å². The molecule has 0 fully saturated rings. The summed E-state index contributed by atoms with van der Waals surface area (Å²) in [6.45, 7) is 2.48. The number of hydrogen-bond donors (Lipinski definition) is 0. The van der Waals surface area contributed by atoms with Crippen LogP contribution in [-0.4, -0.2) is 12.6 Å². The number of unbranched alkanes of at least 4 members (excludes halogenated alkanes) is 1. The quantitative estimate of drug-likeness (QED) is 0.461. The summed E-state index contributed by atoms with van der Waals surface area (Å²) in [5.74, 6) is -0.272. The van der Waals surface area contributed by atoms with Gasteiger partial charge in [0.25, 0.3) is 0 Å². The van der Waals surface area contributed by atoms with E-state index < -0.39 is 0 Å². The van der Waals surface area contributed by atoms with Gasteiger partial charge < -0.3 is 9.15 Å². The zero-order valence-corrected chi connectivity index (χ0v) is 11.6. The maximum Gasteiger partial charge on any atom is 0.339 e. The Morgan fingerprint density at radius 2 is 2.10 bits per heavy atom. The highest BCUT2D eigenvalue weighted by molar-refractivity contribution is 5.77. The number of rotatable bonds is 6. The van der Waals surface area contributed by atoms with Gasteiger partial charge >= 0.3 is 11.6 Å². The van der Waals surface area contributed by atoms with E-state index >= 15 is 0 Å². The van der Waals surface area contributed by atoms with Crippen LogP contribution in [0.3, 0.4) is 0 Å². The predicted octanol–water partition coefficient (Wildman–Crippen LogP) is 3.07. The molecule has 0 saturated heterocycles. The monoisotopic (exact) mass is 274 g/mol. The molecule has 0 bridgehead atoms. The summed E-state index contributed by atoms with van der Waals surface area (Å²) < 4.78 is 10.3. The van der Waals surface area contributed by atoms with Gasteiger partial charge in [0.05, 0.1) is 6.61 Å². The third-order valence-electron chi connectivity index (χ3n) is 3.07. The van der Waals surface area contributed by atoms with Crippen molar-refractivity contribution in [3.8, 4) is 0 Å². The van der Waals surface area contributed by atoms with Gasteiger partial charge in [-0.3, -0.25) is 4.79 Å². The second kappa shape index (κ2) is 6.89. The van der Waals surface area contributed by atoms with Crippen molar-refractivity contribution >= 4 is 16.9 Å². The molecule has 0 aliphatic carbocycles. The molecule has 0 unspecified atom stereocenters. The smallest absolute Gasteiger partial charge is 0.339 e. The molecule has 0 atom stereocenters. The molecule has 0 saturated carbocycles. The van der Waals surface area contributed by atoms with Gasteiger partial charge in [-0.1, -0.05) is 31.5 Å². The van der Waals surface area contributed by atoms with Crippen molar-refractivity contribution in [1.82, 2.24) is 0 Å². The maximum atomic E-state index is 11.8. The van der Waals surface area contributed by atoms with E-state index in [-0.39, 0.29) is 18.0 Å². The van der Waals surface area contributed by atoms with Crippen LogP contribution in [0.5, 0.6) is 0 Å². The molecule has 1 aromatic carbocycles. The summed E-state index contributed by atoms with van der Waals surface area (Å²) in [6.07, 6.45) is 2.40. The van der Waals surface area contributed by atoms with Gasteiger partial charge in [-0.2, -0.15) is 0 Å². The summed E-state index contributed by atoms with van der Waals surface area (Å²) in [5, 5.41) is 0.862. The fourth-order valence-electron chi connectivity index (χ4n) is 1.92. The van der Waals surface area contributed by atoms with Gasteiger partial charge in [-0.25, -0.2) is 4.79 Å². The van der Waals surface area contributed by atoms with Gasteiger partial charge in [0.1, 0.15) is 5.58 Å². The number of para-hydroxylation sites is 1. The topological polar surface area (TPSA) is 56.5 Å². The Balaban J connectivity index is 2.01. The Hall–Kier alpha value is -2.10. The van der Waals surface area contributed by atoms with Crippen molar-refractivity contribution in [3.63, 3.8) is 0 Å². The first-order valence-electron chi connectivity index (χ1n) is 6.88. The molecular weight excluding hydrogens is 256 g/mol. The third-order valence-corrected chi connectivity index (χ3v) is 3.07. The number of ether oxygens (including phenoxy) is 1. The van der Waals surface area contributed by atoms with E-state index in [4.69, 9.17) is 9.15 Å². The molecule has 0 radical (unpaired) electrons. The second-order valence-corrected chi connectivity index (χ2v) is 4.67. The summed E-state index contributed by atoms with van der Waals surface area (Å²) in [6, 6.07) is 9.10. The largest absolute Gasteiger partial charge is 0.466 e. The highest BCUT2D eigenvalue weighted by atomic mass is 16.5. The van der Waals surface area contributed by atoms with E-state index in [0.29, 0.717) is 24.2 Å². The van der Waals surface area contributed by atoms with Crippen molar-refractivity contribution in [1.29, 1.82) is 0 Å². The number of aryl methyl sites for hydroxylation is 1. The number of benzene rings is 1. The summed E-state index contributed by atoms with van der Waals surface area (Å²) >= 11 is 0. The fraction of sp³-hybridized carbons (Fsp3) is 0.375. The molecule has 2 rings (SSSR count). The van der Waals surface area contributed by atoms with Crippen LogP contribution < -0.4 is 5.63 Å². The van der Waals surface area contributed by atoms with Crippen molar-refractivity contribution in [2.24, 2.45) is 0 Å². The van der Waals surface area contributed by atoms with Gasteiger partial charge in [0, 0.05) is 17.4 Å². The summed E-state index contributed by atoms with van der Waals surface area (Å²) in [7, 11) is 0. The molecule has 4 heteroatoms. The maximum absolute atomic E-state index is 11.8. The van der Waals surface area contributed by atoms with Crippen LogP contribution in [0.1, 0.15) is 31.7 Å². The van der Waals surface area contributed by atoms with Crippen molar-refractivity contribution < 1.29 is 13.9 Å². The molecule has 106 valence electrons. The Morgan fingerprint density at radius 3 is 2.90 bits per heavy atom. The normalized spacial score (nSPS) is 10.7. The van der Waals surface area contributed by atoms with Crippen LogP contribution in [0.15, 0.2) is 39.5 Å². The number of carbonyl (C=O) groups is 1. The third kappa shape index (κ3) is 3.70. The first kappa shape index (κ1) is 14.3. The molecule has 0 N–H and O–H groups in total. The van der Waals surface area contributed by atoms with Gasteiger partial charge in [0.15, 0.2) is 0 Å². The van der Waals surface area contributed by atoms with Gasteiger partial charge in [-0.15, -0.1) is 0 Å². The lowest BCUT2D eigenvalue weighted by atomic mass is 10.1. The van der Waals surface area contributed by atoms with E-state index in [9.17, 15) is 9.59 Å². The van der Waals surface area contributed by atoms with Crippen LogP contribution >= 0.6 is 0 Å².